The van der Waals surface area contributed by atoms with Gasteiger partial charge < -0.3 is 14.7 Å². The van der Waals surface area contributed by atoms with Crippen LogP contribution >= 0.6 is 0 Å². The van der Waals surface area contributed by atoms with Crippen LogP contribution in [0.4, 0.5) is 5.69 Å². The summed E-state index contributed by atoms with van der Waals surface area (Å²) < 4.78 is 2.13. The summed E-state index contributed by atoms with van der Waals surface area (Å²) in [5.74, 6) is 0.747. The maximum Gasteiger partial charge on any atom is 0.150 e. The molecule has 0 saturated carbocycles. The van der Waals surface area contributed by atoms with E-state index >= 15 is 0 Å². The number of fused-ring (bicyclic) bond motifs is 2. The van der Waals surface area contributed by atoms with Gasteiger partial charge in [0.05, 0.1) is 12.2 Å². The molecule has 0 bridgehead atoms. The number of hydrogen-bond donors (Lipinski definition) is 1. The first-order chi connectivity index (χ1) is 8.88. The van der Waals surface area contributed by atoms with Crippen LogP contribution in [-0.4, -0.2) is 23.2 Å². The van der Waals surface area contributed by atoms with Gasteiger partial charge in [-0.2, -0.15) is 0 Å². The summed E-state index contributed by atoms with van der Waals surface area (Å²) >= 11 is 0. The number of rotatable bonds is 2. The molecule has 0 aliphatic carbocycles. The maximum absolute atomic E-state index is 10.5. The molecule has 2 aromatic rings. The number of aliphatic imine (C=N–C) groups is 1. The number of nitrogens with zero attached hydrogens (tertiary/aromatic N) is 2. The van der Waals surface area contributed by atoms with E-state index in [9.17, 15) is 4.79 Å². The molecule has 18 heavy (non-hydrogen) atoms. The van der Waals surface area contributed by atoms with Gasteiger partial charge in [0.25, 0.3) is 0 Å². The van der Waals surface area contributed by atoms with Crippen molar-refractivity contribution in [3.05, 3.63) is 53.9 Å². The Morgan fingerprint density at radius 2 is 2.17 bits per heavy atom. The van der Waals surface area contributed by atoms with Crippen molar-refractivity contribution in [2.24, 2.45) is 4.99 Å². The Hall–Kier alpha value is -2.36. The number of nitrogens with one attached hydrogen (secondary N) is 1. The second kappa shape index (κ2) is 4.49. The van der Waals surface area contributed by atoms with Crippen LogP contribution in [0.2, 0.25) is 0 Å². The van der Waals surface area contributed by atoms with Gasteiger partial charge in [-0.3, -0.25) is 4.99 Å². The fraction of sp³-hybridized carbons (Fsp3) is 0.143. The van der Waals surface area contributed by atoms with Crippen LogP contribution in [0.15, 0.2) is 47.6 Å². The summed E-state index contributed by atoms with van der Waals surface area (Å²) in [6.45, 7) is 0.987. The SMILES string of the molecule is O=CCN=C1Nc2ccccc2Cn2cccc21. The number of aldehydes is 1. The van der Waals surface area contributed by atoms with Gasteiger partial charge in [-0.25, -0.2) is 0 Å². The molecular formula is C14H13N3O. The van der Waals surface area contributed by atoms with Gasteiger partial charge in [0, 0.05) is 18.4 Å². The lowest BCUT2D eigenvalue weighted by Gasteiger charge is -2.07. The molecule has 2 heterocycles. The number of anilines is 1. The molecular weight excluding hydrogens is 226 g/mol. The maximum atomic E-state index is 10.5. The number of hydrogen-bond acceptors (Lipinski definition) is 2. The average molecular weight is 239 g/mol. The third-order valence-electron chi connectivity index (χ3n) is 3.01. The van der Waals surface area contributed by atoms with E-state index in [1.54, 1.807) is 0 Å². The van der Waals surface area contributed by atoms with Crippen LogP contribution in [0.25, 0.3) is 0 Å². The minimum absolute atomic E-state index is 0.176. The normalized spacial score (nSPS) is 15.4. The van der Waals surface area contributed by atoms with Crippen molar-refractivity contribution < 1.29 is 4.79 Å². The van der Waals surface area contributed by atoms with E-state index in [-0.39, 0.29) is 6.54 Å². The number of amidine groups is 1. The second-order valence-electron chi connectivity index (χ2n) is 4.16. The molecule has 1 aromatic carbocycles. The lowest BCUT2D eigenvalue weighted by atomic mass is 10.2. The fourth-order valence-electron chi connectivity index (χ4n) is 2.17. The molecule has 1 aliphatic rings. The highest BCUT2D eigenvalue weighted by Gasteiger charge is 2.16. The zero-order valence-electron chi connectivity index (χ0n) is 9.84. The molecule has 1 aliphatic heterocycles. The third kappa shape index (κ3) is 1.82. The number of carbonyl (C=O) groups is 1. The van der Waals surface area contributed by atoms with Crippen LogP contribution in [-0.2, 0) is 11.3 Å². The Morgan fingerprint density at radius 3 is 3.06 bits per heavy atom. The van der Waals surface area contributed by atoms with E-state index in [0.29, 0.717) is 0 Å². The topological polar surface area (TPSA) is 46.4 Å². The summed E-state index contributed by atoms with van der Waals surface area (Å²) in [5, 5.41) is 3.31. The van der Waals surface area contributed by atoms with E-state index in [2.05, 4.69) is 20.9 Å². The summed E-state index contributed by atoms with van der Waals surface area (Å²) in [7, 11) is 0. The van der Waals surface area contributed by atoms with Gasteiger partial charge in [0.1, 0.15) is 12.1 Å². The van der Waals surface area contributed by atoms with E-state index < -0.39 is 0 Å². The quantitative estimate of drug-likeness (QED) is 0.814. The highest BCUT2D eigenvalue weighted by molar-refractivity contribution is 6.08. The van der Waals surface area contributed by atoms with Gasteiger partial charge in [-0.05, 0) is 23.8 Å². The Labute approximate surface area is 105 Å². The van der Waals surface area contributed by atoms with Crippen molar-refractivity contribution in [1.82, 2.24) is 4.57 Å². The first-order valence-corrected chi connectivity index (χ1v) is 5.87. The van der Waals surface area contributed by atoms with E-state index in [4.69, 9.17) is 0 Å². The molecule has 1 aromatic heterocycles. The van der Waals surface area contributed by atoms with E-state index in [1.807, 2.05) is 36.5 Å². The van der Waals surface area contributed by atoms with Crippen molar-refractivity contribution in [3.63, 3.8) is 0 Å². The van der Waals surface area contributed by atoms with Gasteiger partial charge >= 0.3 is 0 Å². The Morgan fingerprint density at radius 1 is 1.28 bits per heavy atom. The largest absolute Gasteiger partial charge is 0.340 e. The molecule has 0 unspecified atom stereocenters. The van der Waals surface area contributed by atoms with Crippen LogP contribution in [0, 0.1) is 0 Å². The molecule has 0 atom stereocenters. The van der Waals surface area contributed by atoms with E-state index in [0.717, 1.165) is 30.0 Å². The van der Waals surface area contributed by atoms with Crippen molar-refractivity contribution in [1.29, 1.82) is 0 Å². The molecule has 4 nitrogen and oxygen atoms in total. The first kappa shape index (κ1) is 10.8. The van der Waals surface area contributed by atoms with Gasteiger partial charge in [-0.1, -0.05) is 18.2 Å². The number of carbonyl (C=O) groups excluding carboxylic acids is 1. The van der Waals surface area contributed by atoms with Crippen LogP contribution in [0.1, 0.15) is 11.3 Å². The van der Waals surface area contributed by atoms with Gasteiger partial charge in [-0.15, -0.1) is 0 Å². The molecule has 1 N–H and O–H groups in total. The minimum Gasteiger partial charge on any atom is -0.340 e. The lowest BCUT2D eigenvalue weighted by molar-refractivity contribution is -0.106. The summed E-state index contributed by atoms with van der Waals surface area (Å²) in [4.78, 5) is 14.8. The Balaban J connectivity index is 2.10. The Kier molecular flexibility index (Phi) is 2.68. The molecule has 90 valence electrons. The molecule has 0 amide bonds. The first-order valence-electron chi connectivity index (χ1n) is 5.87. The summed E-state index contributed by atoms with van der Waals surface area (Å²) in [6.07, 6.45) is 2.83. The molecule has 4 heteroatoms. The molecule has 0 fully saturated rings. The minimum atomic E-state index is 0.176. The van der Waals surface area contributed by atoms with Crippen LogP contribution in [0.3, 0.4) is 0 Å². The lowest BCUT2D eigenvalue weighted by Crippen LogP contribution is -2.15. The molecule has 0 saturated heterocycles. The van der Waals surface area contributed by atoms with Gasteiger partial charge in [0.2, 0.25) is 0 Å². The van der Waals surface area contributed by atoms with Gasteiger partial charge in [0.15, 0.2) is 0 Å². The van der Waals surface area contributed by atoms with E-state index in [1.165, 1.54) is 5.56 Å². The zero-order chi connectivity index (χ0) is 12.4. The van der Waals surface area contributed by atoms with Crippen LogP contribution < -0.4 is 5.32 Å². The predicted molar refractivity (Wildman–Crippen MR) is 71.1 cm³/mol. The van der Waals surface area contributed by atoms with Crippen molar-refractivity contribution in [2.45, 2.75) is 6.54 Å². The highest BCUT2D eigenvalue weighted by Crippen LogP contribution is 2.22. The monoisotopic (exact) mass is 239 g/mol. The average Bonchev–Trinajstić information content (AvgIpc) is 2.79. The molecule has 0 spiro atoms. The zero-order valence-corrected chi connectivity index (χ0v) is 9.84. The van der Waals surface area contributed by atoms with Crippen molar-refractivity contribution >= 4 is 17.8 Å². The number of aromatic nitrogens is 1. The Bertz CT molecular complexity index is 613. The summed E-state index contributed by atoms with van der Waals surface area (Å²) in [5.41, 5.74) is 3.27. The van der Waals surface area contributed by atoms with Crippen molar-refractivity contribution in [2.75, 3.05) is 11.9 Å². The fourth-order valence-corrected chi connectivity index (χ4v) is 2.17. The van der Waals surface area contributed by atoms with Crippen LogP contribution in [0.5, 0.6) is 0 Å². The summed E-state index contributed by atoms with van der Waals surface area (Å²) in [6, 6.07) is 12.1. The smallest absolute Gasteiger partial charge is 0.150 e. The van der Waals surface area contributed by atoms with Crippen molar-refractivity contribution in [3.8, 4) is 0 Å². The molecule has 3 rings (SSSR count). The number of para-hydroxylation sites is 1. The molecule has 0 radical (unpaired) electrons. The number of benzene rings is 1. The standard InChI is InChI=1S/C14H13N3O/c18-9-7-15-14-13-6-3-8-17(13)10-11-4-1-2-5-12(11)16-14/h1-6,8-9H,7,10H2,(H,15,16). The highest BCUT2D eigenvalue weighted by atomic mass is 16.1. The predicted octanol–water partition coefficient (Wildman–Crippen LogP) is 1.91. The third-order valence-corrected chi connectivity index (χ3v) is 3.01. The second-order valence-corrected chi connectivity index (χ2v) is 4.16.